The number of anilines is 3. The molecule has 3 aromatic carbocycles. The molecule has 0 bridgehead atoms. The molecule has 11 nitrogen and oxygen atoms in total. The van der Waals surface area contributed by atoms with Gasteiger partial charge in [0.1, 0.15) is 0 Å². The molecule has 0 aliphatic heterocycles. The monoisotopic (exact) mass is 653 g/mol. The first kappa shape index (κ1) is 31.2. The maximum absolute atomic E-state index is 13.9. The Morgan fingerprint density at radius 2 is 1.68 bits per heavy atom. The topological polar surface area (TPSA) is 162 Å². The van der Waals surface area contributed by atoms with Crippen molar-refractivity contribution in [3.63, 3.8) is 0 Å². The maximum Gasteiger partial charge on any atom is 0.328 e. The predicted molar refractivity (Wildman–Crippen MR) is 182 cm³/mol. The van der Waals surface area contributed by atoms with E-state index in [-0.39, 0.29) is 24.5 Å². The van der Waals surface area contributed by atoms with E-state index in [1.54, 1.807) is 24.0 Å². The molecule has 3 fully saturated rings. The van der Waals surface area contributed by atoms with Gasteiger partial charge in [-0.05, 0) is 97.0 Å². The van der Waals surface area contributed by atoms with Crippen LogP contribution in [0.5, 0.6) is 0 Å². The van der Waals surface area contributed by atoms with E-state index in [0.29, 0.717) is 28.4 Å². The van der Waals surface area contributed by atoms with Gasteiger partial charge in [-0.15, -0.1) is 5.11 Å². The molecular formula is C35H41N8O3S+. The van der Waals surface area contributed by atoms with Gasteiger partial charge in [0.2, 0.25) is 0 Å². The number of quaternary nitrogens is 1. The summed E-state index contributed by atoms with van der Waals surface area (Å²) < 4.78 is 0.888. The summed E-state index contributed by atoms with van der Waals surface area (Å²) in [6.45, 7) is 1.81. The number of fused-ring (bicyclic) bond motifs is 2. The second kappa shape index (κ2) is 12.7. The van der Waals surface area contributed by atoms with Crippen molar-refractivity contribution in [3.05, 3.63) is 83.4 Å². The number of hydroxylamine groups is 1. The Labute approximate surface area is 277 Å². The van der Waals surface area contributed by atoms with Crippen LogP contribution < -0.4 is 26.3 Å². The number of hydrogen-bond acceptors (Lipinski definition) is 8. The summed E-state index contributed by atoms with van der Waals surface area (Å²) in [5, 5.41) is 21.7. The van der Waals surface area contributed by atoms with Crippen molar-refractivity contribution in [2.45, 2.75) is 76.2 Å². The molecule has 3 amide bonds. The number of urea groups is 1. The van der Waals surface area contributed by atoms with E-state index in [9.17, 15) is 14.8 Å². The van der Waals surface area contributed by atoms with Gasteiger partial charge in [-0.25, -0.2) is 15.3 Å². The Hall–Kier alpha value is -4.39. The molecule has 7 rings (SSSR count). The van der Waals surface area contributed by atoms with E-state index in [4.69, 9.17) is 5.53 Å². The van der Waals surface area contributed by atoms with Crippen molar-refractivity contribution in [3.8, 4) is 0 Å². The Balaban J connectivity index is 1.10. The number of benzene rings is 3. The van der Waals surface area contributed by atoms with Crippen LogP contribution in [0.3, 0.4) is 0 Å². The highest BCUT2D eigenvalue weighted by molar-refractivity contribution is 7.22. The summed E-state index contributed by atoms with van der Waals surface area (Å²) in [4.78, 5) is 32.9. The summed E-state index contributed by atoms with van der Waals surface area (Å²) in [6.07, 6.45) is 8.56. The highest BCUT2D eigenvalue weighted by atomic mass is 32.1. The molecule has 0 saturated heterocycles. The molecule has 244 valence electrons. The largest absolute Gasteiger partial charge is 0.328 e. The summed E-state index contributed by atoms with van der Waals surface area (Å²) in [5.41, 5.74) is 15.8. The van der Waals surface area contributed by atoms with Crippen LogP contribution in [0.4, 0.5) is 21.3 Å². The third-order valence-corrected chi connectivity index (χ3v) is 10.9. The minimum absolute atomic E-state index is 0.212. The van der Waals surface area contributed by atoms with Gasteiger partial charge in [-0.3, -0.25) is 30.6 Å². The third kappa shape index (κ3) is 6.58. The van der Waals surface area contributed by atoms with Crippen LogP contribution in [0.25, 0.3) is 10.2 Å². The maximum atomic E-state index is 13.9. The number of nitrogens with one attached hydrogen (secondary N) is 3. The molecule has 4 aromatic rings. The fourth-order valence-corrected chi connectivity index (χ4v) is 7.94. The number of aromatic nitrogens is 1. The van der Waals surface area contributed by atoms with Crippen LogP contribution in [0, 0.1) is 17.4 Å². The van der Waals surface area contributed by atoms with E-state index >= 15 is 0 Å². The Morgan fingerprint density at radius 1 is 1.00 bits per heavy atom. The average molecular weight is 654 g/mol. The first-order valence-electron chi connectivity index (χ1n) is 16.4. The second-order valence-corrected chi connectivity index (χ2v) is 14.4. The summed E-state index contributed by atoms with van der Waals surface area (Å²) in [7, 11) is 0. The number of amides is 3. The quantitative estimate of drug-likeness (QED) is 0.0716. The zero-order valence-electron chi connectivity index (χ0n) is 26.5. The molecule has 1 aromatic heterocycles. The van der Waals surface area contributed by atoms with Gasteiger partial charge in [-0.2, -0.15) is 0 Å². The van der Waals surface area contributed by atoms with E-state index in [2.05, 4.69) is 38.6 Å². The molecule has 3 atom stereocenters. The Kier molecular flexibility index (Phi) is 8.41. The van der Waals surface area contributed by atoms with Crippen molar-refractivity contribution in [1.82, 2.24) is 10.3 Å². The number of carbonyl (C=O) groups excluding carboxylic acids is 2. The zero-order chi connectivity index (χ0) is 32.7. The molecule has 3 saturated carbocycles. The van der Waals surface area contributed by atoms with Gasteiger partial charge in [-0.1, -0.05) is 54.9 Å². The lowest BCUT2D eigenvalue weighted by atomic mass is 9.84. The van der Waals surface area contributed by atoms with Gasteiger partial charge in [0, 0.05) is 18.2 Å². The van der Waals surface area contributed by atoms with Gasteiger partial charge in [0.05, 0.1) is 28.5 Å². The molecule has 7 N–H and O–H groups in total. The first-order valence-corrected chi connectivity index (χ1v) is 17.2. The third-order valence-electron chi connectivity index (χ3n) is 9.97. The molecule has 12 heteroatoms. The Bertz CT molecular complexity index is 1770. The molecule has 1 heterocycles. The minimum atomic E-state index is -1.25. The fraction of sp³-hybridized carbons (Fsp3) is 0.400. The highest BCUT2D eigenvalue weighted by Gasteiger charge is 2.59. The summed E-state index contributed by atoms with van der Waals surface area (Å²) >= 11 is 1.38. The average Bonchev–Trinajstić information content (AvgIpc) is 3.38. The highest BCUT2D eigenvalue weighted by Crippen LogP contribution is 2.58. The lowest BCUT2D eigenvalue weighted by Crippen LogP contribution is -2.77. The van der Waals surface area contributed by atoms with Crippen LogP contribution in [0.1, 0.15) is 79.3 Å². The fourth-order valence-electron chi connectivity index (χ4n) is 7.05. The van der Waals surface area contributed by atoms with Crippen LogP contribution >= 0.6 is 11.3 Å². The first-order chi connectivity index (χ1) is 22.7. The van der Waals surface area contributed by atoms with Crippen LogP contribution in [0.15, 0.2) is 71.8 Å². The lowest BCUT2D eigenvalue weighted by molar-refractivity contribution is -0.478. The van der Waals surface area contributed by atoms with E-state index < -0.39 is 5.79 Å². The smallest absolute Gasteiger partial charge is 0.315 e. The zero-order valence-corrected chi connectivity index (χ0v) is 27.3. The second-order valence-electron chi connectivity index (χ2n) is 13.4. The number of carbonyl (C=O) groups is 2. The SMILES string of the molecule is CC([NH3+])(N=N)NC(=O)c1ccc(CN(C(=O)Nc2nc3ccc(N(O)C4C5CCC54)cc3s2)c2ccc(C3CCCCC3)cc2)cc1. The molecule has 3 unspecified atom stereocenters. The Morgan fingerprint density at radius 3 is 2.34 bits per heavy atom. The normalized spacial score (nSPS) is 21.6. The van der Waals surface area contributed by atoms with Gasteiger partial charge in [0.25, 0.3) is 11.7 Å². The number of nitrogens with zero attached hydrogens (tertiary/aromatic N) is 4. The van der Waals surface area contributed by atoms with E-state index in [0.717, 1.165) is 27.2 Å². The molecule has 47 heavy (non-hydrogen) atoms. The molecular weight excluding hydrogens is 613 g/mol. The van der Waals surface area contributed by atoms with Crippen LogP contribution in [-0.4, -0.2) is 34.0 Å². The van der Waals surface area contributed by atoms with Gasteiger partial charge >= 0.3 is 6.03 Å². The number of thiazole rings is 1. The number of hydrogen-bond donors (Lipinski definition) is 5. The van der Waals surface area contributed by atoms with E-state index in [1.165, 1.54) is 66.9 Å². The van der Waals surface area contributed by atoms with Crippen molar-refractivity contribution in [1.29, 1.82) is 5.53 Å². The number of rotatable bonds is 10. The van der Waals surface area contributed by atoms with Crippen molar-refractivity contribution in [2.24, 2.45) is 17.0 Å². The minimum Gasteiger partial charge on any atom is -0.315 e. The predicted octanol–water partition coefficient (Wildman–Crippen LogP) is 6.86. The van der Waals surface area contributed by atoms with Gasteiger partial charge in [0.15, 0.2) is 5.13 Å². The summed E-state index contributed by atoms with van der Waals surface area (Å²) in [6, 6.07) is 20.9. The van der Waals surface area contributed by atoms with Crippen LogP contribution in [-0.2, 0) is 6.54 Å². The van der Waals surface area contributed by atoms with Crippen molar-refractivity contribution < 1.29 is 20.5 Å². The molecule has 0 spiro atoms. The van der Waals surface area contributed by atoms with Gasteiger partial charge < -0.3 is 5.73 Å². The standard InChI is InChI=1S/C35H40N8O3S/c1-35(36,41-37)40-32(44)24-9-7-21(8-10-24)20-42(25-13-11-23(12-14-25)22-5-3-2-4-6-22)34(45)39-33-38-29-18-15-26(19-30(29)47-33)43(46)31-27-16-17-28(27)31/h7-15,18-19,22,27-28,31,37,46H,2-6,16-17,20,36H2,1H3,(H,40,44)(H,38,39,45)/p+1. The molecule has 0 radical (unpaired) electrons. The van der Waals surface area contributed by atoms with E-state index in [1.807, 2.05) is 42.5 Å². The van der Waals surface area contributed by atoms with Crippen molar-refractivity contribution in [2.75, 3.05) is 15.3 Å². The van der Waals surface area contributed by atoms with Crippen LogP contribution in [0.2, 0.25) is 0 Å². The lowest BCUT2D eigenvalue weighted by Gasteiger charge is -2.25. The summed E-state index contributed by atoms with van der Waals surface area (Å²) in [5.74, 6) is 0.143. The molecule has 3 aliphatic rings. The molecule has 3 aliphatic carbocycles. The van der Waals surface area contributed by atoms with Crippen molar-refractivity contribution >= 4 is 50.0 Å².